The second-order valence-electron chi connectivity index (χ2n) is 8.49. The van der Waals surface area contributed by atoms with E-state index in [1.54, 1.807) is 18.2 Å². The third kappa shape index (κ3) is 6.02. The highest BCUT2D eigenvalue weighted by molar-refractivity contribution is 6.05. The Kier molecular flexibility index (Phi) is 7.55. The van der Waals surface area contributed by atoms with Gasteiger partial charge in [-0.3, -0.25) is 4.79 Å². The van der Waals surface area contributed by atoms with Crippen LogP contribution < -0.4 is 15.7 Å². The quantitative estimate of drug-likeness (QED) is 0.388. The molecule has 2 N–H and O–H groups in total. The van der Waals surface area contributed by atoms with Crippen LogP contribution in [0.1, 0.15) is 35.3 Å². The van der Waals surface area contributed by atoms with Gasteiger partial charge in [-0.05, 0) is 83.2 Å². The number of hydrogen-bond acceptors (Lipinski definition) is 6. The predicted octanol–water partition coefficient (Wildman–Crippen LogP) is 4.51. The third-order valence-corrected chi connectivity index (χ3v) is 5.22. The molecule has 0 unspecified atom stereocenters. The lowest BCUT2D eigenvalue weighted by molar-refractivity contribution is 0.102. The van der Waals surface area contributed by atoms with Crippen LogP contribution >= 0.6 is 0 Å². The van der Waals surface area contributed by atoms with Crippen molar-refractivity contribution in [3.8, 4) is 11.5 Å². The van der Waals surface area contributed by atoms with Crippen LogP contribution in [-0.4, -0.2) is 43.2 Å². The van der Waals surface area contributed by atoms with Gasteiger partial charge in [0.25, 0.3) is 5.91 Å². The minimum absolute atomic E-state index is 0.0482. The molecule has 33 heavy (non-hydrogen) atoms. The lowest BCUT2D eigenvalue weighted by Gasteiger charge is -2.14. The Hall–Kier alpha value is -3.58. The Morgan fingerprint density at radius 1 is 1.18 bits per heavy atom. The molecule has 2 aromatic carbocycles. The van der Waals surface area contributed by atoms with E-state index in [1.807, 2.05) is 51.9 Å². The van der Waals surface area contributed by atoms with Gasteiger partial charge in [0.1, 0.15) is 29.4 Å². The number of nitrogens with one attached hydrogen (secondary N) is 1. The first-order valence-electron chi connectivity index (χ1n) is 10.8. The van der Waals surface area contributed by atoms with Gasteiger partial charge < -0.3 is 24.5 Å². The molecule has 0 radical (unpaired) electrons. The van der Waals surface area contributed by atoms with Crippen LogP contribution in [0.25, 0.3) is 11.0 Å². The number of likely N-dealkylation sites (N-methyl/N-ethyl adjacent to an activating group) is 1. The van der Waals surface area contributed by atoms with Gasteiger partial charge in [-0.15, -0.1) is 0 Å². The minimum atomic E-state index is -0.645. The van der Waals surface area contributed by atoms with E-state index in [0.29, 0.717) is 40.9 Å². The Bertz CT molecular complexity index is 1250. The summed E-state index contributed by atoms with van der Waals surface area (Å²) in [5, 5.41) is 13.4. The second kappa shape index (κ2) is 10.4. The number of nitrogens with zero attached hydrogens (tertiary/aromatic N) is 1. The minimum Gasteiger partial charge on any atom is -0.508 e. The monoisotopic (exact) mass is 450 g/mol. The molecule has 0 aliphatic carbocycles. The number of benzene rings is 2. The number of aryl methyl sites for hydroxylation is 1. The molecule has 0 atom stereocenters. The van der Waals surface area contributed by atoms with Crippen molar-refractivity contribution in [3.63, 3.8) is 0 Å². The van der Waals surface area contributed by atoms with Gasteiger partial charge in [-0.2, -0.15) is 0 Å². The Labute approximate surface area is 193 Å². The van der Waals surface area contributed by atoms with Crippen molar-refractivity contribution >= 4 is 22.6 Å². The third-order valence-electron chi connectivity index (χ3n) is 5.22. The number of phenols is 1. The van der Waals surface area contributed by atoms with Crippen LogP contribution in [0.4, 0.5) is 5.69 Å². The van der Waals surface area contributed by atoms with Crippen molar-refractivity contribution in [1.29, 1.82) is 0 Å². The molecule has 0 bridgehead atoms. The summed E-state index contributed by atoms with van der Waals surface area (Å²) in [7, 11) is 3.93. The highest BCUT2D eigenvalue weighted by Gasteiger charge is 2.15. The van der Waals surface area contributed by atoms with Crippen molar-refractivity contribution in [2.75, 3.05) is 32.6 Å². The van der Waals surface area contributed by atoms with E-state index in [9.17, 15) is 14.7 Å². The molecular formula is C26H30N2O5. The zero-order valence-electron chi connectivity index (χ0n) is 19.7. The van der Waals surface area contributed by atoms with Gasteiger partial charge in [0, 0.05) is 23.1 Å². The maximum Gasteiger partial charge on any atom is 0.360 e. The number of carbonyl (C=O) groups excluding carboxylic acids is 1. The van der Waals surface area contributed by atoms with Crippen molar-refractivity contribution in [3.05, 3.63) is 75.2 Å². The van der Waals surface area contributed by atoms with Crippen molar-refractivity contribution in [1.82, 2.24) is 4.90 Å². The van der Waals surface area contributed by atoms with Crippen molar-refractivity contribution < 1.29 is 19.1 Å². The molecule has 0 saturated heterocycles. The summed E-state index contributed by atoms with van der Waals surface area (Å²) in [5.41, 5.74) is 2.63. The van der Waals surface area contributed by atoms with E-state index in [-0.39, 0.29) is 11.4 Å². The summed E-state index contributed by atoms with van der Waals surface area (Å²) < 4.78 is 11.3. The molecule has 3 rings (SSSR count). The lowest BCUT2D eigenvalue weighted by Crippen LogP contribution is -2.19. The zero-order chi connectivity index (χ0) is 24.1. The Morgan fingerprint density at radius 3 is 2.64 bits per heavy atom. The predicted molar refractivity (Wildman–Crippen MR) is 130 cm³/mol. The summed E-state index contributed by atoms with van der Waals surface area (Å²) in [6.07, 6.45) is 2.47. The van der Waals surface area contributed by atoms with E-state index < -0.39 is 11.5 Å². The van der Waals surface area contributed by atoms with Gasteiger partial charge >= 0.3 is 5.63 Å². The maximum atomic E-state index is 12.8. The first kappa shape index (κ1) is 24.1. The van der Waals surface area contributed by atoms with Crippen LogP contribution in [-0.2, 0) is 6.42 Å². The van der Waals surface area contributed by atoms with Gasteiger partial charge in [0.05, 0.1) is 0 Å². The average molecular weight is 451 g/mol. The Balaban J connectivity index is 1.84. The molecule has 0 fully saturated rings. The maximum absolute atomic E-state index is 12.8. The van der Waals surface area contributed by atoms with E-state index in [2.05, 4.69) is 5.32 Å². The van der Waals surface area contributed by atoms with Crippen LogP contribution in [0.5, 0.6) is 11.5 Å². The fourth-order valence-corrected chi connectivity index (χ4v) is 3.29. The summed E-state index contributed by atoms with van der Waals surface area (Å²) in [5.74, 6) is 0.311. The number of ether oxygens (including phenoxy) is 1. The molecule has 7 heteroatoms. The molecule has 7 nitrogen and oxygen atoms in total. The number of allylic oxidation sites excluding steroid dienone is 2. The number of anilines is 1. The number of rotatable bonds is 8. The van der Waals surface area contributed by atoms with Gasteiger partial charge in [0.2, 0.25) is 0 Å². The summed E-state index contributed by atoms with van der Waals surface area (Å²) in [6, 6.07) is 9.83. The SMILES string of the molecule is CC(C)=CCc1cc(C(=O)Nc2cc3ccc(OCCN(C)C)c(C)c3oc2=O)ccc1O. The van der Waals surface area contributed by atoms with Gasteiger partial charge in [-0.1, -0.05) is 11.6 Å². The number of amides is 1. The summed E-state index contributed by atoms with van der Waals surface area (Å²) in [6.45, 7) is 7.04. The first-order valence-corrected chi connectivity index (χ1v) is 10.8. The summed E-state index contributed by atoms with van der Waals surface area (Å²) >= 11 is 0. The van der Waals surface area contributed by atoms with Gasteiger partial charge in [0.15, 0.2) is 0 Å². The number of aromatic hydroxyl groups is 1. The molecule has 174 valence electrons. The van der Waals surface area contributed by atoms with Crippen LogP contribution in [0.3, 0.4) is 0 Å². The fraction of sp³-hybridized carbons (Fsp3) is 0.308. The molecule has 0 aliphatic rings. The average Bonchev–Trinajstić information content (AvgIpc) is 2.75. The molecule has 0 spiro atoms. The smallest absolute Gasteiger partial charge is 0.360 e. The van der Waals surface area contributed by atoms with E-state index in [1.165, 1.54) is 12.1 Å². The van der Waals surface area contributed by atoms with Crippen LogP contribution in [0.2, 0.25) is 0 Å². The van der Waals surface area contributed by atoms with Crippen molar-refractivity contribution in [2.24, 2.45) is 0 Å². The number of fused-ring (bicyclic) bond motifs is 1. The zero-order valence-corrected chi connectivity index (χ0v) is 19.7. The van der Waals surface area contributed by atoms with Gasteiger partial charge in [-0.25, -0.2) is 4.79 Å². The Morgan fingerprint density at radius 2 is 1.94 bits per heavy atom. The largest absolute Gasteiger partial charge is 0.508 e. The second-order valence-corrected chi connectivity index (χ2v) is 8.49. The normalized spacial score (nSPS) is 11.0. The standard InChI is InChI=1S/C26H30N2O5/c1-16(2)6-7-18-14-20(8-10-22(18)29)25(30)27-21-15-19-9-11-23(32-13-12-28(4)5)17(3)24(19)33-26(21)31/h6,8-11,14-15,29H,7,12-13H2,1-5H3,(H,27,30). The van der Waals surface area contributed by atoms with Crippen molar-refractivity contribution in [2.45, 2.75) is 27.2 Å². The molecule has 0 aliphatic heterocycles. The molecular weight excluding hydrogens is 420 g/mol. The van der Waals surface area contributed by atoms with Crippen LogP contribution in [0.15, 0.2) is 57.3 Å². The first-order chi connectivity index (χ1) is 15.7. The van der Waals surface area contributed by atoms with E-state index >= 15 is 0 Å². The lowest BCUT2D eigenvalue weighted by atomic mass is 10.0. The molecule has 3 aromatic rings. The highest BCUT2D eigenvalue weighted by Crippen LogP contribution is 2.28. The summed E-state index contributed by atoms with van der Waals surface area (Å²) in [4.78, 5) is 27.4. The molecule has 1 heterocycles. The molecule has 1 aromatic heterocycles. The molecule has 0 saturated carbocycles. The van der Waals surface area contributed by atoms with E-state index in [4.69, 9.17) is 9.15 Å². The topological polar surface area (TPSA) is 92.0 Å². The number of hydrogen-bond donors (Lipinski definition) is 2. The number of phenolic OH excluding ortho intramolecular Hbond substituents is 1. The highest BCUT2D eigenvalue weighted by atomic mass is 16.5. The van der Waals surface area contributed by atoms with Crippen LogP contribution in [0, 0.1) is 6.92 Å². The van der Waals surface area contributed by atoms with E-state index in [0.717, 1.165) is 17.7 Å². The fourth-order valence-electron chi connectivity index (χ4n) is 3.29. The number of carbonyl (C=O) groups is 1. The molecule has 1 amide bonds.